The number of aliphatic hydroxyl groups excluding tert-OH is 3. The number of ether oxygens (including phenoxy) is 4. The molecule has 12 nitrogen and oxygen atoms in total. The first-order valence-corrected chi connectivity index (χ1v) is 25.2. The number of carbonyl (C=O) groups is 2. The fraction of sp³-hybridized carbons (Fsp3) is 0.956. The summed E-state index contributed by atoms with van der Waals surface area (Å²) in [5.74, 6) is -1.96. The van der Waals surface area contributed by atoms with Gasteiger partial charge in [0.05, 0.1) is 6.61 Å². The number of aliphatic hydroxyl groups is 3. The predicted octanol–water partition coefficient (Wildman–Crippen LogP) is 9.68. The van der Waals surface area contributed by atoms with Crippen molar-refractivity contribution in [3.63, 3.8) is 0 Å². The van der Waals surface area contributed by atoms with E-state index in [1.165, 1.54) is 141 Å². The first kappa shape index (κ1) is 54.7. The standard InChI is InChI=1S/C45H86O12S/c1-3-5-7-9-11-13-15-17-19-21-23-25-27-29-31-33-40(46)54-35-38(36-55-45-44(50)43(49)42(48)39(57-45)37-58(51,52)53)56-41(47)34-32-30-28-26-24-22-20-18-16-14-12-10-8-6-4-2/h38-39,42-45,48-50H,3-37H2,1-2H3,(H,51,52,53)/t38?,39-,42+,43+,44-,45?/m1/s1. The van der Waals surface area contributed by atoms with Crippen LogP contribution in [0.4, 0.5) is 0 Å². The Morgan fingerprint density at radius 3 is 1.26 bits per heavy atom. The summed E-state index contributed by atoms with van der Waals surface area (Å²) in [6.45, 7) is 3.79. The molecule has 0 saturated carbocycles. The lowest BCUT2D eigenvalue weighted by atomic mass is 10.00. The summed E-state index contributed by atoms with van der Waals surface area (Å²) < 4.78 is 54.1. The highest BCUT2D eigenvalue weighted by atomic mass is 32.2. The summed E-state index contributed by atoms with van der Waals surface area (Å²) in [5, 5.41) is 30.9. The third kappa shape index (κ3) is 30.6. The van der Waals surface area contributed by atoms with Crippen molar-refractivity contribution in [2.45, 2.75) is 256 Å². The smallest absolute Gasteiger partial charge is 0.306 e. The van der Waals surface area contributed by atoms with E-state index in [4.69, 9.17) is 18.9 Å². The van der Waals surface area contributed by atoms with Crippen molar-refractivity contribution in [2.24, 2.45) is 0 Å². The Hall–Kier alpha value is -1.35. The Morgan fingerprint density at radius 2 is 0.879 bits per heavy atom. The highest BCUT2D eigenvalue weighted by molar-refractivity contribution is 7.85. The fourth-order valence-electron chi connectivity index (χ4n) is 7.50. The molecular formula is C45H86O12S. The maximum Gasteiger partial charge on any atom is 0.306 e. The molecule has 1 saturated heterocycles. The molecule has 0 spiro atoms. The number of esters is 2. The molecule has 2 unspecified atom stereocenters. The van der Waals surface area contributed by atoms with Crippen molar-refractivity contribution >= 4 is 22.1 Å². The van der Waals surface area contributed by atoms with Crippen LogP contribution in [0.3, 0.4) is 0 Å². The topological polar surface area (TPSA) is 186 Å². The van der Waals surface area contributed by atoms with Gasteiger partial charge in [-0.3, -0.25) is 14.1 Å². The summed E-state index contributed by atoms with van der Waals surface area (Å²) in [5.41, 5.74) is 0. The Bertz CT molecular complexity index is 1090. The van der Waals surface area contributed by atoms with Crippen molar-refractivity contribution in [1.82, 2.24) is 0 Å². The van der Waals surface area contributed by atoms with Crippen LogP contribution in [-0.2, 0) is 38.7 Å². The van der Waals surface area contributed by atoms with Crippen molar-refractivity contribution < 1.29 is 56.8 Å². The first-order valence-electron chi connectivity index (χ1n) is 23.6. The number of unbranched alkanes of at least 4 members (excludes halogenated alkanes) is 28. The maximum absolute atomic E-state index is 12.8. The zero-order valence-corrected chi connectivity index (χ0v) is 37.5. The van der Waals surface area contributed by atoms with E-state index in [2.05, 4.69) is 13.8 Å². The van der Waals surface area contributed by atoms with Gasteiger partial charge in [-0.25, -0.2) is 0 Å². The minimum Gasteiger partial charge on any atom is -0.462 e. The van der Waals surface area contributed by atoms with Crippen LogP contribution in [0.5, 0.6) is 0 Å². The zero-order chi connectivity index (χ0) is 42.7. The molecule has 1 heterocycles. The Balaban J connectivity index is 2.41. The molecule has 1 aliphatic heterocycles. The summed E-state index contributed by atoms with van der Waals surface area (Å²) >= 11 is 0. The highest BCUT2D eigenvalue weighted by Crippen LogP contribution is 2.24. The largest absolute Gasteiger partial charge is 0.462 e. The maximum atomic E-state index is 12.8. The quantitative estimate of drug-likeness (QED) is 0.0260. The number of carbonyl (C=O) groups excluding carboxylic acids is 2. The van der Waals surface area contributed by atoms with E-state index in [9.17, 15) is 37.9 Å². The third-order valence-corrected chi connectivity index (χ3v) is 11.9. The average Bonchev–Trinajstić information content (AvgIpc) is 3.18. The Labute approximate surface area is 353 Å². The molecule has 1 aliphatic rings. The van der Waals surface area contributed by atoms with Crippen LogP contribution in [-0.4, -0.2) is 96.0 Å². The van der Waals surface area contributed by atoms with Crippen molar-refractivity contribution in [2.75, 3.05) is 19.0 Å². The molecule has 0 amide bonds. The molecule has 58 heavy (non-hydrogen) atoms. The molecule has 344 valence electrons. The van der Waals surface area contributed by atoms with Crippen LogP contribution in [0.1, 0.15) is 219 Å². The lowest BCUT2D eigenvalue weighted by Gasteiger charge is -2.40. The third-order valence-electron chi connectivity index (χ3n) is 11.2. The highest BCUT2D eigenvalue weighted by Gasteiger charge is 2.46. The van der Waals surface area contributed by atoms with Crippen LogP contribution in [0.15, 0.2) is 0 Å². The molecule has 1 fully saturated rings. The molecule has 0 aromatic rings. The monoisotopic (exact) mass is 851 g/mol. The molecule has 1 rings (SSSR count). The number of rotatable bonds is 40. The van der Waals surface area contributed by atoms with Gasteiger partial charge < -0.3 is 34.3 Å². The van der Waals surface area contributed by atoms with Crippen molar-refractivity contribution in [3.05, 3.63) is 0 Å². The zero-order valence-electron chi connectivity index (χ0n) is 36.7. The van der Waals surface area contributed by atoms with Gasteiger partial charge in [-0.05, 0) is 12.8 Å². The van der Waals surface area contributed by atoms with Gasteiger partial charge in [0.25, 0.3) is 10.1 Å². The molecule has 0 aromatic heterocycles. The lowest BCUT2D eigenvalue weighted by Crippen LogP contribution is -2.60. The number of hydrogen-bond donors (Lipinski definition) is 4. The molecular weight excluding hydrogens is 765 g/mol. The van der Waals surface area contributed by atoms with Gasteiger partial charge in [-0.1, -0.05) is 194 Å². The van der Waals surface area contributed by atoms with E-state index in [0.29, 0.717) is 12.8 Å². The van der Waals surface area contributed by atoms with Gasteiger partial charge in [0.2, 0.25) is 0 Å². The minimum atomic E-state index is -4.60. The second kappa shape index (κ2) is 36.3. The predicted molar refractivity (Wildman–Crippen MR) is 229 cm³/mol. The van der Waals surface area contributed by atoms with E-state index in [1.54, 1.807) is 0 Å². The van der Waals surface area contributed by atoms with Gasteiger partial charge >= 0.3 is 11.9 Å². The van der Waals surface area contributed by atoms with Gasteiger partial charge in [0.1, 0.15) is 36.8 Å². The van der Waals surface area contributed by atoms with Crippen LogP contribution in [0.25, 0.3) is 0 Å². The van der Waals surface area contributed by atoms with E-state index in [0.717, 1.165) is 38.5 Å². The van der Waals surface area contributed by atoms with E-state index in [-0.39, 0.29) is 19.4 Å². The fourth-order valence-corrected chi connectivity index (χ4v) is 8.19. The summed E-state index contributed by atoms with van der Waals surface area (Å²) in [4.78, 5) is 25.4. The normalized spacial score (nSPS) is 20.3. The Morgan fingerprint density at radius 1 is 0.517 bits per heavy atom. The average molecular weight is 851 g/mol. The first-order chi connectivity index (χ1) is 28.0. The van der Waals surface area contributed by atoms with Gasteiger partial charge in [-0.2, -0.15) is 8.42 Å². The van der Waals surface area contributed by atoms with E-state index >= 15 is 0 Å². The van der Waals surface area contributed by atoms with Gasteiger partial charge in [0, 0.05) is 12.8 Å². The van der Waals surface area contributed by atoms with Gasteiger partial charge in [0.15, 0.2) is 12.4 Å². The van der Waals surface area contributed by atoms with Crippen LogP contribution in [0.2, 0.25) is 0 Å². The summed E-state index contributed by atoms with van der Waals surface area (Å²) in [6, 6.07) is 0. The van der Waals surface area contributed by atoms with Crippen molar-refractivity contribution in [3.8, 4) is 0 Å². The molecule has 13 heteroatoms. The van der Waals surface area contributed by atoms with Crippen molar-refractivity contribution in [1.29, 1.82) is 0 Å². The Kier molecular flexibility index (Phi) is 34.2. The summed E-state index contributed by atoms with van der Waals surface area (Å²) in [6.07, 6.45) is 27.1. The van der Waals surface area contributed by atoms with E-state index in [1.807, 2.05) is 0 Å². The van der Waals surface area contributed by atoms with E-state index < -0.39 is 71.2 Å². The molecule has 0 bridgehead atoms. The SMILES string of the molecule is CCCCCCCCCCCCCCCCCC(=O)OCC(COC1O[C@H](CS(=O)(=O)O)[C@H](O)[C@H](O)[C@H]1O)OC(=O)CCCCCCCCCCCCCCCCC. The second-order valence-corrected chi connectivity index (χ2v) is 18.3. The second-order valence-electron chi connectivity index (χ2n) is 16.8. The molecule has 4 N–H and O–H groups in total. The van der Waals surface area contributed by atoms with Gasteiger partial charge in [-0.15, -0.1) is 0 Å². The number of hydrogen-bond acceptors (Lipinski definition) is 11. The van der Waals surface area contributed by atoms with Crippen LogP contribution < -0.4 is 0 Å². The lowest BCUT2D eigenvalue weighted by molar-refractivity contribution is -0.297. The van der Waals surface area contributed by atoms with Crippen LogP contribution in [0, 0.1) is 0 Å². The van der Waals surface area contributed by atoms with Crippen LogP contribution >= 0.6 is 0 Å². The summed E-state index contributed by atoms with van der Waals surface area (Å²) in [7, 11) is -4.60. The minimum absolute atomic E-state index is 0.172. The molecule has 0 aromatic carbocycles. The molecule has 0 aliphatic carbocycles. The molecule has 0 radical (unpaired) electrons. The molecule has 6 atom stereocenters.